The van der Waals surface area contributed by atoms with E-state index in [9.17, 15) is 0 Å². The summed E-state index contributed by atoms with van der Waals surface area (Å²) in [6.45, 7) is 0. The Hall–Kier alpha value is 2.47. The second-order valence-corrected chi connectivity index (χ2v) is 0. The van der Waals surface area contributed by atoms with Gasteiger partial charge in [-0.1, -0.05) is 0 Å². The van der Waals surface area contributed by atoms with Crippen LogP contribution in [0.1, 0.15) is 0 Å². The van der Waals surface area contributed by atoms with Crippen LogP contribution in [0.4, 0.5) is 0 Å². The van der Waals surface area contributed by atoms with Gasteiger partial charge in [-0.3, -0.25) is 0 Å². The second kappa shape index (κ2) is 17.9. The van der Waals surface area contributed by atoms with Gasteiger partial charge in [-0.05, 0) is 0 Å². The van der Waals surface area contributed by atoms with Gasteiger partial charge in [0, 0.05) is 77.9 Å². The quantitative estimate of drug-likeness (QED) is 0.359. The Morgan fingerprint density at radius 1 is 0.500 bits per heavy atom. The van der Waals surface area contributed by atoms with Crippen LogP contribution in [0.3, 0.4) is 0 Å². The van der Waals surface area contributed by atoms with Crippen molar-refractivity contribution in [3.63, 3.8) is 0 Å². The summed E-state index contributed by atoms with van der Waals surface area (Å²) in [4.78, 5) is 0. The molecule has 0 amide bonds. The van der Waals surface area contributed by atoms with Crippen LogP contribution in [0.2, 0.25) is 0 Å². The van der Waals surface area contributed by atoms with Crippen LogP contribution in [-0.4, -0.2) is 52.1 Å². The van der Waals surface area contributed by atoms with Crippen molar-refractivity contribution in [2.45, 2.75) is 0 Å². The predicted octanol–water partition coefficient (Wildman–Crippen LogP) is -1.14. The van der Waals surface area contributed by atoms with E-state index in [0.717, 1.165) is 0 Å². The van der Waals surface area contributed by atoms with Gasteiger partial charge >= 0.3 is 0 Å². The molecule has 0 spiro atoms. The van der Waals surface area contributed by atoms with Crippen LogP contribution in [0.25, 0.3) is 0 Å². The van der Waals surface area contributed by atoms with Crippen LogP contribution in [0, 0.1) is 0 Å². The Kier molecular flexibility index (Phi) is 142. The third kappa shape index (κ3) is 8.82. The van der Waals surface area contributed by atoms with Crippen molar-refractivity contribution in [1.29, 1.82) is 0 Å². The molecule has 0 rings (SSSR count). The Balaban J connectivity index is 0. The summed E-state index contributed by atoms with van der Waals surface area (Å²) < 4.78 is 0. The third-order valence-electron chi connectivity index (χ3n) is 0. The molecule has 0 aromatic carbocycles. The fraction of sp³-hybridized carbons (Fsp3) is 0. The number of rotatable bonds is 0. The molecule has 0 bridgehead atoms. The van der Waals surface area contributed by atoms with E-state index < -0.39 is 0 Å². The Morgan fingerprint density at radius 2 is 0.500 bits per heavy atom. The minimum absolute atomic E-state index is 0. The predicted molar refractivity (Wildman–Crippen MR) is 17.3 cm³/mol. The Morgan fingerprint density at radius 3 is 0.500 bits per heavy atom. The average Bonchev–Trinajstić information content (AvgIpc) is 0. The molecule has 12 valence electrons. The van der Waals surface area contributed by atoms with E-state index in [-0.39, 0.29) is 77.9 Å². The van der Waals surface area contributed by atoms with Crippen molar-refractivity contribution in [3.05, 3.63) is 0 Å². The molecule has 0 aromatic heterocycles. The normalized spacial score (nSPS) is 0. The number of hydrogen-bond donors (Lipinski definition) is 0. The van der Waals surface area contributed by atoms with Gasteiger partial charge in [-0.25, -0.2) is 0 Å². The van der Waals surface area contributed by atoms with E-state index in [1.54, 1.807) is 0 Å². The summed E-state index contributed by atoms with van der Waals surface area (Å²) >= 11 is 0. The van der Waals surface area contributed by atoms with Crippen molar-refractivity contribution in [1.82, 2.24) is 0 Å². The van der Waals surface area contributed by atoms with E-state index in [2.05, 4.69) is 0 Å². The minimum Gasteiger partial charge on any atom is 0 e. The zero-order valence-electron chi connectivity index (χ0n) is 2.31. The molecule has 0 N–H and O–H groups in total. The molecule has 4 heavy (non-hydrogen) atoms. The maximum atomic E-state index is 0. The average molecular weight is 126 g/mol. The standard InChI is InChI=1S/3Al.Sc. The van der Waals surface area contributed by atoms with Gasteiger partial charge in [0.15, 0.2) is 0 Å². The van der Waals surface area contributed by atoms with Crippen molar-refractivity contribution in [2.24, 2.45) is 0 Å². The Labute approximate surface area is 76.9 Å². The largest absolute Gasteiger partial charge is 0 e. The third-order valence-corrected chi connectivity index (χ3v) is 0. The summed E-state index contributed by atoms with van der Waals surface area (Å²) in [5, 5.41) is 0. The minimum atomic E-state index is 0. The molecule has 0 unspecified atom stereocenters. The van der Waals surface area contributed by atoms with Gasteiger partial charge in [-0.15, -0.1) is 0 Å². The first-order chi connectivity index (χ1) is 0. The first-order valence-corrected chi connectivity index (χ1v) is 0. The van der Waals surface area contributed by atoms with Gasteiger partial charge in [0.25, 0.3) is 0 Å². The molecule has 0 heterocycles. The summed E-state index contributed by atoms with van der Waals surface area (Å²) in [7, 11) is 0. The molecule has 4 heteroatoms. The van der Waals surface area contributed by atoms with E-state index in [1.165, 1.54) is 0 Å². The molecule has 0 nitrogen and oxygen atoms in total. The molecular formula is Al3Sc. The monoisotopic (exact) mass is 126 g/mol. The van der Waals surface area contributed by atoms with Crippen molar-refractivity contribution in [2.75, 3.05) is 0 Å². The maximum Gasteiger partial charge on any atom is 0 e. The van der Waals surface area contributed by atoms with E-state index in [0.29, 0.717) is 0 Å². The number of hydrogen-bond acceptors (Lipinski definition) is 0. The molecular weight excluding hydrogens is 126 g/mol. The van der Waals surface area contributed by atoms with Gasteiger partial charge in [0.1, 0.15) is 0 Å². The molecule has 10 radical (unpaired) electrons. The van der Waals surface area contributed by atoms with Gasteiger partial charge < -0.3 is 0 Å². The SMILES string of the molecule is [Al].[Al].[Al].[Sc]. The smallest absolute Gasteiger partial charge is 0 e. The summed E-state index contributed by atoms with van der Waals surface area (Å²) in [5.41, 5.74) is 0. The van der Waals surface area contributed by atoms with Crippen LogP contribution in [0.5, 0.6) is 0 Å². The molecule has 0 saturated heterocycles. The van der Waals surface area contributed by atoms with Crippen LogP contribution in [-0.2, 0) is 25.8 Å². The maximum absolute atomic E-state index is 0. The second-order valence-electron chi connectivity index (χ2n) is 0. The summed E-state index contributed by atoms with van der Waals surface area (Å²) in [6, 6.07) is 0. The zero-order chi connectivity index (χ0) is 0. The van der Waals surface area contributed by atoms with Crippen molar-refractivity contribution >= 4 is 52.1 Å². The van der Waals surface area contributed by atoms with Gasteiger partial charge in [-0.2, -0.15) is 0 Å². The van der Waals surface area contributed by atoms with Crippen molar-refractivity contribution in [3.8, 4) is 0 Å². The Bertz CT molecular complexity index is 3.25. The fourth-order valence-corrected chi connectivity index (χ4v) is 0. The molecule has 0 aliphatic carbocycles. The molecule has 0 fully saturated rings. The van der Waals surface area contributed by atoms with Crippen LogP contribution < -0.4 is 0 Å². The summed E-state index contributed by atoms with van der Waals surface area (Å²) in [5.74, 6) is 0. The first kappa shape index (κ1) is 31.8. The van der Waals surface area contributed by atoms with Gasteiger partial charge in [0.2, 0.25) is 0 Å². The first-order valence-electron chi connectivity index (χ1n) is 0. The van der Waals surface area contributed by atoms with E-state index >= 15 is 0 Å². The zero-order valence-corrected chi connectivity index (χ0v) is 7.58. The topological polar surface area (TPSA) is 0 Å². The molecule has 0 saturated carbocycles. The van der Waals surface area contributed by atoms with Gasteiger partial charge in [0.05, 0.1) is 0 Å². The molecule has 0 aliphatic heterocycles. The van der Waals surface area contributed by atoms with Crippen LogP contribution in [0.15, 0.2) is 0 Å². The fourth-order valence-electron chi connectivity index (χ4n) is 0. The molecule has 0 aliphatic rings. The molecule has 0 aromatic rings. The van der Waals surface area contributed by atoms with E-state index in [4.69, 9.17) is 0 Å². The van der Waals surface area contributed by atoms with E-state index in [1.807, 2.05) is 0 Å². The summed E-state index contributed by atoms with van der Waals surface area (Å²) in [6.07, 6.45) is 0. The molecule has 0 atom stereocenters. The van der Waals surface area contributed by atoms with Crippen molar-refractivity contribution < 1.29 is 25.8 Å². The van der Waals surface area contributed by atoms with Crippen LogP contribution >= 0.6 is 0 Å².